The van der Waals surface area contributed by atoms with Crippen LogP contribution in [0.2, 0.25) is 0 Å². The van der Waals surface area contributed by atoms with E-state index in [4.69, 9.17) is 10.5 Å². The second kappa shape index (κ2) is 7.12. The Hall–Kier alpha value is -1.29. The van der Waals surface area contributed by atoms with Gasteiger partial charge in [-0.15, -0.1) is 0 Å². The van der Waals surface area contributed by atoms with Crippen LogP contribution in [0.5, 0.6) is 0 Å². The SMILES string of the molecule is CCC(CC)N(CCOC)c1cc(N)ccn1. The largest absolute Gasteiger partial charge is 0.399 e. The van der Waals surface area contributed by atoms with E-state index in [1.54, 1.807) is 13.3 Å². The number of ether oxygens (including phenoxy) is 1. The Morgan fingerprint density at radius 3 is 2.65 bits per heavy atom. The van der Waals surface area contributed by atoms with E-state index in [2.05, 4.69) is 23.7 Å². The maximum atomic E-state index is 5.81. The summed E-state index contributed by atoms with van der Waals surface area (Å²) in [6, 6.07) is 4.22. The normalized spacial score (nSPS) is 10.8. The first-order valence-electron chi connectivity index (χ1n) is 6.20. The van der Waals surface area contributed by atoms with E-state index in [0.717, 1.165) is 30.9 Å². The molecule has 0 bridgehead atoms. The third-order valence-electron chi connectivity index (χ3n) is 2.98. The summed E-state index contributed by atoms with van der Waals surface area (Å²) in [4.78, 5) is 6.68. The van der Waals surface area contributed by atoms with Crippen molar-refractivity contribution < 1.29 is 4.74 Å². The monoisotopic (exact) mass is 237 g/mol. The molecule has 0 spiro atoms. The minimum absolute atomic E-state index is 0.486. The summed E-state index contributed by atoms with van der Waals surface area (Å²) in [6.45, 7) is 5.94. The van der Waals surface area contributed by atoms with Gasteiger partial charge >= 0.3 is 0 Å². The first-order chi connectivity index (χ1) is 8.22. The number of aromatic nitrogens is 1. The minimum atomic E-state index is 0.486. The van der Waals surface area contributed by atoms with Gasteiger partial charge in [0.05, 0.1) is 6.61 Å². The zero-order valence-corrected chi connectivity index (χ0v) is 11.0. The highest BCUT2D eigenvalue weighted by Gasteiger charge is 2.16. The number of nitrogens with two attached hydrogens (primary N) is 1. The van der Waals surface area contributed by atoms with Gasteiger partial charge < -0.3 is 15.4 Å². The molecule has 17 heavy (non-hydrogen) atoms. The maximum absolute atomic E-state index is 5.81. The smallest absolute Gasteiger partial charge is 0.130 e. The quantitative estimate of drug-likeness (QED) is 0.790. The fourth-order valence-corrected chi connectivity index (χ4v) is 1.99. The zero-order chi connectivity index (χ0) is 12.7. The number of methoxy groups -OCH3 is 1. The van der Waals surface area contributed by atoms with Gasteiger partial charge in [-0.3, -0.25) is 0 Å². The third kappa shape index (κ3) is 3.89. The van der Waals surface area contributed by atoms with Crippen LogP contribution in [0.15, 0.2) is 18.3 Å². The number of nitrogens with zero attached hydrogens (tertiary/aromatic N) is 2. The fourth-order valence-electron chi connectivity index (χ4n) is 1.99. The number of hydrogen-bond acceptors (Lipinski definition) is 4. The Labute approximate surface area is 104 Å². The Balaban J connectivity index is 2.88. The molecule has 1 heterocycles. The van der Waals surface area contributed by atoms with E-state index < -0.39 is 0 Å². The molecule has 0 atom stereocenters. The number of pyridine rings is 1. The van der Waals surface area contributed by atoms with Crippen LogP contribution in [-0.2, 0) is 4.74 Å². The van der Waals surface area contributed by atoms with Gasteiger partial charge in [0.2, 0.25) is 0 Å². The van der Waals surface area contributed by atoms with Crippen molar-refractivity contribution in [3.63, 3.8) is 0 Å². The van der Waals surface area contributed by atoms with Crippen LogP contribution in [0.4, 0.5) is 11.5 Å². The molecular formula is C13H23N3O. The summed E-state index contributed by atoms with van der Waals surface area (Å²) in [6.07, 6.45) is 3.94. The van der Waals surface area contributed by atoms with E-state index in [9.17, 15) is 0 Å². The third-order valence-corrected chi connectivity index (χ3v) is 2.98. The Kier molecular flexibility index (Phi) is 5.77. The molecule has 0 unspecified atom stereocenters. The molecule has 4 nitrogen and oxygen atoms in total. The van der Waals surface area contributed by atoms with Crippen LogP contribution in [-0.4, -0.2) is 31.3 Å². The Morgan fingerprint density at radius 1 is 1.41 bits per heavy atom. The maximum Gasteiger partial charge on any atom is 0.130 e. The summed E-state index contributed by atoms with van der Waals surface area (Å²) < 4.78 is 5.16. The van der Waals surface area contributed by atoms with Gasteiger partial charge in [-0.05, 0) is 18.9 Å². The molecule has 0 fully saturated rings. The summed E-state index contributed by atoms with van der Waals surface area (Å²) in [7, 11) is 1.72. The highest BCUT2D eigenvalue weighted by atomic mass is 16.5. The van der Waals surface area contributed by atoms with Crippen LogP contribution in [0.25, 0.3) is 0 Å². The van der Waals surface area contributed by atoms with Crippen molar-refractivity contribution in [3.8, 4) is 0 Å². The second-order valence-electron chi connectivity index (χ2n) is 4.10. The van der Waals surface area contributed by atoms with E-state index in [0.29, 0.717) is 12.6 Å². The number of rotatable bonds is 7. The molecule has 0 aliphatic heterocycles. The van der Waals surface area contributed by atoms with Crippen molar-refractivity contribution in [2.24, 2.45) is 0 Å². The highest BCUT2D eigenvalue weighted by Crippen LogP contribution is 2.19. The minimum Gasteiger partial charge on any atom is -0.399 e. The lowest BCUT2D eigenvalue weighted by Crippen LogP contribution is -2.37. The van der Waals surface area contributed by atoms with Crippen molar-refractivity contribution >= 4 is 11.5 Å². The van der Waals surface area contributed by atoms with Gasteiger partial charge in [-0.1, -0.05) is 13.8 Å². The lowest BCUT2D eigenvalue weighted by molar-refractivity contribution is 0.202. The molecular weight excluding hydrogens is 214 g/mol. The van der Waals surface area contributed by atoms with Gasteiger partial charge in [-0.2, -0.15) is 0 Å². The molecule has 96 valence electrons. The van der Waals surface area contributed by atoms with Crippen molar-refractivity contribution in [1.29, 1.82) is 0 Å². The predicted molar refractivity (Wildman–Crippen MR) is 72.2 cm³/mol. The van der Waals surface area contributed by atoms with Crippen molar-refractivity contribution in [3.05, 3.63) is 18.3 Å². The van der Waals surface area contributed by atoms with Gasteiger partial charge in [0.1, 0.15) is 5.82 Å². The molecule has 0 amide bonds. The molecule has 1 aromatic heterocycles. The van der Waals surface area contributed by atoms with Gasteiger partial charge in [0.25, 0.3) is 0 Å². The molecule has 1 rings (SSSR count). The average molecular weight is 237 g/mol. The summed E-state index contributed by atoms with van der Waals surface area (Å²) in [5, 5.41) is 0. The Morgan fingerprint density at radius 2 is 2.12 bits per heavy atom. The molecule has 0 aliphatic carbocycles. The van der Waals surface area contributed by atoms with E-state index in [-0.39, 0.29) is 0 Å². The lowest BCUT2D eigenvalue weighted by atomic mass is 10.1. The first kappa shape index (κ1) is 13.8. The topological polar surface area (TPSA) is 51.4 Å². The first-order valence-corrected chi connectivity index (χ1v) is 6.20. The standard InChI is InChI=1S/C13H23N3O/c1-4-12(5-2)16(8-9-17-3)13-10-11(14)6-7-15-13/h6-7,10,12H,4-5,8-9H2,1-3H3,(H2,14,15). The van der Waals surface area contributed by atoms with Crippen LogP contribution in [0.3, 0.4) is 0 Å². The average Bonchev–Trinajstić information content (AvgIpc) is 2.34. The van der Waals surface area contributed by atoms with Crippen LogP contribution >= 0.6 is 0 Å². The number of hydrogen-bond donors (Lipinski definition) is 1. The summed E-state index contributed by atoms with van der Waals surface area (Å²) >= 11 is 0. The molecule has 0 aliphatic rings. The van der Waals surface area contributed by atoms with Crippen LogP contribution < -0.4 is 10.6 Å². The van der Waals surface area contributed by atoms with Gasteiger partial charge in [0, 0.05) is 37.6 Å². The lowest BCUT2D eigenvalue weighted by Gasteiger charge is -2.31. The number of anilines is 2. The summed E-state index contributed by atoms with van der Waals surface area (Å²) in [5.74, 6) is 0.941. The molecule has 1 aromatic rings. The Bertz CT molecular complexity index is 326. The molecule has 4 heteroatoms. The summed E-state index contributed by atoms with van der Waals surface area (Å²) in [5.41, 5.74) is 6.56. The van der Waals surface area contributed by atoms with E-state index >= 15 is 0 Å². The van der Waals surface area contributed by atoms with Gasteiger partial charge in [-0.25, -0.2) is 4.98 Å². The van der Waals surface area contributed by atoms with Crippen LogP contribution in [0.1, 0.15) is 26.7 Å². The second-order valence-corrected chi connectivity index (χ2v) is 4.10. The zero-order valence-electron chi connectivity index (χ0n) is 11.0. The van der Waals surface area contributed by atoms with Crippen LogP contribution in [0, 0.1) is 0 Å². The van der Waals surface area contributed by atoms with Crippen molar-refractivity contribution in [1.82, 2.24) is 4.98 Å². The fraction of sp³-hybridized carbons (Fsp3) is 0.615. The van der Waals surface area contributed by atoms with E-state index in [1.165, 1.54) is 0 Å². The van der Waals surface area contributed by atoms with E-state index in [1.807, 2.05) is 12.1 Å². The molecule has 0 saturated heterocycles. The molecule has 0 saturated carbocycles. The van der Waals surface area contributed by atoms with Crippen molar-refractivity contribution in [2.75, 3.05) is 30.9 Å². The van der Waals surface area contributed by atoms with Crippen molar-refractivity contribution in [2.45, 2.75) is 32.7 Å². The molecule has 0 aromatic carbocycles. The highest BCUT2D eigenvalue weighted by molar-refractivity contribution is 5.50. The predicted octanol–water partition coefficient (Wildman–Crippen LogP) is 2.31. The molecule has 2 N–H and O–H groups in total. The van der Waals surface area contributed by atoms with Gasteiger partial charge in [0.15, 0.2) is 0 Å². The number of nitrogen functional groups attached to an aromatic ring is 1. The molecule has 0 radical (unpaired) electrons.